The van der Waals surface area contributed by atoms with Crippen LogP contribution in [0.2, 0.25) is 5.02 Å². The molecule has 0 radical (unpaired) electrons. The van der Waals surface area contributed by atoms with E-state index in [9.17, 15) is 9.59 Å². The van der Waals surface area contributed by atoms with Crippen molar-refractivity contribution in [2.45, 2.75) is 12.8 Å². The van der Waals surface area contributed by atoms with Crippen molar-refractivity contribution >= 4 is 45.7 Å². The number of para-hydroxylation sites is 2. The van der Waals surface area contributed by atoms with E-state index >= 15 is 0 Å². The highest BCUT2D eigenvalue weighted by molar-refractivity contribution is 7.14. The van der Waals surface area contributed by atoms with E-state index in [1.54, 1.807) is 23.6 Å². The van der Waals surface area contributed by atoms with Gasteiger partial charge >= 0.3 is 6.03 Å². The van der Waals surface area contributed by atoms with Crippen molar-refractivity contribution in [3.63, 3.8) is 0 Å². The maximum atomic E-state index is 12.2. The summed E-state index contributed by atoms with van der Waals surface area (Å²) in [6, 6.07) is 14.2. The Bertz CT molecular complexity index is 1010. The second-order valence-corrected chi connectivity index (χ2v) is 7.62. The van der Waals surface area contributed by atoms with E-state index in [1.807, 2.05) is 30.3 Å². The molecule has 0 bridgehead atoms. The molecular formula is C21H21ClN4O3S. The molecule has 9 heteroatoms. The summed E-state index contributed by atoms with van der Waals surface area (Å²) >= 11 is 7.12. The summed E-state index contributed by atoms with van der Waals surface area (Å²) in [5.41, 5.74) is 2.24. The minimum Gasteiger partial charge on any atom is -0.495 e. The number of aromatic nitrogens is 1. The third kappa shape index (κ3) is 6.47. The van der Waals surface area contributed by atoms with Gasteiger partial charge in [-0.15, -0.1) is 11.3 Å². The van der Waals surface area contributed by atoms with Gasteiger partial charge in [-0.2, -0.15) is 0 Å². The third-order valence-corrected chi connectivity index (χ3v) is 5.18. The molecule has 1 aromatic heterocycles. The Labute approximate surface area is 183 Å². The minimum absolute atomic E-state index is 0.126. The van der Waals surface area contributed by atoms with Gasteiger partial charge in [0, 0.05) is 16.9 Å². The van der Waals surface area contributed by atoms with Crippen molar-refractivity contribution in [3.8, 4) is 5.75 Å². The maximum Gasteiger partial charge on any atom is 0.325 e. The molecule has 0 saturated heterocycles. The first-order chi connectivity index (χ1) is 14.5. The Morgan fingerprint density at radius 1 is 1.10 bits per heavy atom. The standard InChI is InChI=1S/C21H21ClN4O3S/c1-29-18-5-3-2-4-17(18)25-20(28)26-21-24-16(13-30-21)12-19(27)23-11-10-14-6-8-15(22)9-7-14/h2-9,13H,10-12H2,1H3,(H,23,27)(H2,24,25,26,28). The summed E-state index contributed by atoms with van der Waals surface area (Å²) in [6.07, 6.45) is 0.864. The maximum absolute atomic E-state index is 12.2. The van der Waals surface area contributed by atoms with E-state index in [4.69, 9.17) is 16.3 Å². The zero-order valence-electron chi connectivity index (χ0n) is 16.3. The van der Waals surface area contributed by atoms with Crippen LogP contribution in [0.1, 0.15) is 11.3 Å². The molecule has 1 heterocycles. The highest BCUT2D eigenvalue weighted by Crippen LogP contribution is 2.23. The van der Waals surface area contributed by atoms with Crippen LogP contribution in [-0.2, 0) is 17.6 Å². The van der Waals surface area contributed by atoms with Crippen molar-refractivity contribution in [3.05, 3.63) is 70.2 Å². The van der Waals surface area contributed by atoms with Gasteiger partial charge in [0.25, 0.3) is 0 Å². The van der Waals surface area contributed by atoms with Crippen molar-refractivity contribution in [1.82, 2.24) is 10.3 Å². The molecule has 3 N–H and O–H groups in total. The van der Waals surface area contributed by atoms with Crippen LogP contribution >= 0.6 is 22.9 Å². The number of nitrogens with one attached hydrogen (secondary N) is 3. The molecule has 156 valence electrons. The van der Waals surface area contributed by atoms with E-state index in [0.29, 0.717) is 33.8 Å². The molecular weight excluding hydrogens is 424 g/mol. The van der Waals surface area contributed by atoms with Gasteiger partial charge in [-0.25, -0.2) is 9.78 Å². The third-order valence-electron chi connectivity index (χ3n) is 4.12. The summed E-state index contributed by atoms with van der Waals surface area (Å²) in [4.78, 5) is 28.6. The van der Waals surface area contributed by atoms with Gasteiger partial charge in [-0.3, -0.25) is 10.1 Å². The molecule has 0 saturated carbocycles. The van der Waals surface area contributed by atoms with Crippen LogP contribution in [0.4, 0.5) is 15.6 Å². The van der Waals surface area contributed by atoms with Gasteiger partial charge in [0.15, 0.2) is 5.13 Å². The molecule has 30 heavy (non-hydrogen) atoms. The second kappa shape index (κ2) is 10.6. The molecule has 7 nitrogen and oxygen atoms in total. The summed E-state index contributed by atoms with van der Waals surface area (Å²) in [5, 5.41) is 11.1. The van der Waals surface area contributed by atoms with E-state index in [0.717, 1.165) is 12.0 Å². The Morgan fingerprint density at radius 2 is 1.87 bits per heavy atom. The van der Waals surface area contributed by atoms with Crippen LogP contribution < -0.4 is 20.7 Å². The lowest BCUT2D eigenvalue weighted by Gasteiger charge is -2.09. The number of amides is 3. The first-order valence-corrected chi connectivity index (χ1v) is 10.5. The number of hydrogen-bond donors (Lipinski definition) is 3. The number of carbonyl (C=O) groups is 2. The molecule has 3 rings (SSSR count). The smallest absolute Gasteiger partial charge is 0.325 e. The Morgan fingerprint density at radius 3 is 2.63 bits per heavy atom. The molecule has 0 unspecified atom stereocenters. The molecule has 3 aromatic rings. The topological polar surface area (TPSA) is 92.3 Å². The van der Waals surface area contributed by atoms with E-state index in [-0.39, 0.29) is 12.3 Å². The summed E-state index contributed by atoms with van der Waals surface area (Å²) in [5.74, 6) is 0.432. The predicted molar refractivity (Wildman–Crippen MR) is 120 cm³/mol. The number of hydrogen-bond acceptors (Lipinski definition) is 5. The Hall–Kier alpha value is -3.10. The fraction of sp³-hybridized carbons (Fsp3) is 0.190. The lowest BCUT2D eigenvalue weighted by molar-refractivity contribution is -0.120. The fourth-order valence-corrected chi connectivity index (χ4v) is 3.50. The van der Waals surface area contributed by atoms with Gasteiger partial charge < -0.3 is 15.4 Å². The highest BCUT2D eigenvalue weighted by Gasteiger charge is 2.11. The largest absolute Gasteiger partial charge is 0.495 e. The second-order valence-electron chi connectivity index (χ2n) is 6.33. The van der Waals surface area contributed by atoms with Crippen LogP contribution in [0, 0.1) is 0 Å². The van der Waals surface area contributed by atoms with E-state index in [2.05, 4.69) is 20.9 Å². The van der Waals surface area contributed by atoms with Crippen LogP contribution in [0.25, 0.3) is 0 Å². The van der Waals surface area contributed by atoms with Crippen molar-refractivity contribution in [1.29, 1.82) is 0 Å². The van der Waals surface area contributed by atoms with E-state index in [1.165, 1.54) is 18.4 Å². The van der Waals surface area contributed by atoms with Gasteiger partial charge in [0.1, 0.15) is 5.75 Å². The number of nitrogens with zero attached hydrogens (tertiary/aromatic N) is 1. The number of urea groups is 1. The van der Waals surface area contributed by atoms with E-state index < -0.39 is 6.03 Å². The summed E-state index contributed by atoms with van der Waals surface area (Å²) < 4.78 is 5.20. The average molecular weight is 445 g/mol. The van der Waals surface area contributed by atoms with Crippen molar-refractivity contribution in [2.75, 3.05) is 24.3 Å². The quantitative estimate of drug-likeness (QED) is 0.481. The van der Waals surface area contributed by atoms with Gasteiger partial charge in [0.2, 0.25) is 5.91 Å². The average Bonchev–Trinajstić information content (AvgIpc) is 3.16. The SMILES string of the molecule is COc1ccccc1NC(=O)Nc1nc(CC(=O)NCCc2ccc(Cl)cc2)cs1. The van der Waals surface area contributed by atoms with Gasteiger partial charge in [-0.05, 0) is 36.2 Å². The van der Waals surface area contributed by atoms with Crippen LogP contribution in [0.5, 0.6) is 5.75 Å². The number of methoxy groups -OCH3 is 1. The Balaban J connectivity index is 1.44. The minimum atomic E-state index is -0.437. The van der Waals surface area contributed by atoms with Crippen LogP contribution in [-0.4, -0.2) is 30.6 Å². The molecule has 0 atom stereocenters. The molecule has 0 fully saturated rings. The van der Waals surface area contributed by atoms with Crippen LogP contribution in [0.15, 0.2) is 53.9 Å². The molecule has 0 aliphatic carbocycles. The summed E-state index contributed by atoms with van der Waals surface area (Å²) in [7, 11) is 1.53. The molecule has 3 amide bonds. The van der Waals surface area contributed by atoms with Gasteiger partial charge in [-0.1, -0.05) is 35.9 Å². The Kier molecular flexibility index (Phi) is 7.64. The molecule has 2 aromatic carbocycles. The highest BCUT2D eigenvalue weighted by atomic mass is 35.5. The number of anilines is 2. The predicted octanol–water partition coefficient (Wildman–Crippen LogP) is 4.35. The number of rotatable bonds is 8. The molecule has 0 aliphatic heterocycles. The first-order valence-electron chi connectivity index (χ1n) is 9.20. The zero-order chi connectivity index (χ0) is 21.3. The van der Waals surface area contributed by atoms with Crippen molar-refractivity contribution < 1.29 is 14.3 Å². The lowest BCUT2D eigenvalue weighted by Crippen LogP contribution is -2.27. The number of benzene rings is 2. The fourth-order valence-electron chi connectivity index (χ4n) is 2.67. The normalized spacial score (nSPS) is 10.3. The summed E-state index contributed by atoms with van der Waals surface area (Å²) in [6.45, 7) is 0.525. The first kappa shape index (κ1) is 21.6. The molecule has 0 spiro atoms. The number of ether oxygens (including phenoxy) is 1. The lowest BCUT2D eigenvalue weighted by atomic mass is 10.1. The van der Waals surface area contributed by atoms with Crippen molar-refractivity contribution in [2.24, 2.45) is 0 Å². The van der Waals surface area contributed by atoms with Crippen LogP contribution in [0.3, 0.4) is 0 Å². The number of thiazole rings is 1. The number of halogens is 1. The molecule has 0 aliphatic rings. The zero-order valence-corrected chi connectivity index (χ0v) is 17.8. The number of carbonyl (C=O) groups excluding carboxylic acids is 2. The van der Waals surface area contributed by atoms with Gasteiger partial charge in [0.05, 0.1) is 24.9 Å². The monoisotopic (exact) mass is 444 g/mol.